The highest BCUT2D eigenvalue weighted by Crippen LogP contribution is 2.45. The number of sulfonamides is 1. The van der Waals surface area contributed by atoms with E-state index in [2.05, 4.69) is 0 Å². The predicted molar refractivity (Wildman–Crippen MR) is 117 cm³/mol. The number of nitrogens with zero attached hydrogens (tertiary/aromatic N) is 2. The van der Waals surface area contributed by atoms with E-state index in [1.54, 1.807) is 60.3 Å². The highest BCUT2D eigenvalue weighted by Gasteiger charge is 2.48. The Morgan fingerprint density at radius 1 is 0.966 bits per heavy atom. The summed E-state index contributed by atoms with van der Waals surface area (Å²) in [4.78, 5) is 15.0. The maximum absolute atomic E-state index is 13.2. The second-order valence-corrected chi connectivity index (χ2v) is 11.3. The number of amides is 1. The molecule has 2 aromatic carbocycles. The first kappa shape index (κ1) is 21.0. The Kier molecular flexibility index (Phi) is 5.88. The van der Waals surface area contributed by atoms with Gasteiger partial charge in [0.25, 0.3) is 5.91 Å². The number of hydrogen-bond acceptors (Lipinski definition) is 4. The molecule has 29 heavy (non-hydrogen) atoms. The number of halogens is 2. The van der Waals surface area contributed by atoms with Gasteiger partial charge in [-0.15, -0.1) is 11.8 Å². The van der Waals surface area contributed by atoms with Gasteiger partial charge in [0.05, 0.1) is 19.8 Å². The number of rotatable bonds is 3. The Morgan fingerprint density at radius 2 is 1.66 bits per heavy atom. The van der Waals surface area contributed by atoms with Gasteiger partial charge < -0.3 is 4.90 Å². The van der Waals surface area contributed by atoms with E-state index in [1.165, 1.54) is 4.31 Å². The molecule has 0 unspecified atom stereocenters. The summed E-state index contributed by atoms with van der Waals surface area (Å²) < 4.78 is 27.3. The second kappa shape index (κ2) is 8.12. The van der Waals surface area contributed by atoms with Gasteiger partial charge in [0, 0.05) is 31.0 Å². The number of benzene rings is 2. The first-order valence-corrected chi connectivity index (χ1v) is 12.5. The van der Waals surface area contributed by atoms with Crippen LogP contribution in [0.3, 0.4) is 0 Å². The Balaban J connectivity index is 1.52. The van der Waals surface area contributed by atoms with Gasteiger partial charge in [0.2, 0.25) is 10.0 Å². The normalized spacial score (nSPS) is 19.6. The van der Waals surface area contributed by atoms with Crippen LogP contribution in [0.2, 0.25) is 10.0 Å². The van der Waals surface area contributed by atoms with Gasteiger partial charge in [-0.05, 0) is 43.2 Å². The molecule has 2 saturated heterocycles. The topological polar surface area (TPSA) is 57.7 Å². The summed E-state index contributed by atoms with van der Waals surface area (Å²) >= 11 is 13.8. The fourth-order valence-electron chi connectivity index (χ4n) is 3.91. The molecular weight excluding hydrogens is 451 g/mol. The highest BCUT2D eigenvalue weighted by molar-refractivity contribution is 8.00. The summed E-state index contributed by atoms with van der Waals surface area (Å²) in [6, 6.07) is 13.4. The number of piperidine rings is 1. The smallest absolute Gasteiger partial charge is 0.255 e. The number of thioether (sulfide) groups is 1. The Bertz CT molecular complexity index is 1020. The lowest BCUT2D eigenvalue weighted by atomic mass is 10.0. The van der Waals surface area contributed by atoms with E-state index < -0.39 is 10.0 Å². The number of carbonyl (C=O) groups is 1. The third kappa shape index (κ3) is 3.91. The molecule has 2 aromatic rings. The molecule has 2 aliphatic rings. The monoisotopic (exact) mass is 470 g/mol. The molecule has 2 fully saturated rings. The average Bonchev–Trinajstić information content (AvgIpc) is 3.13. The molecule has 0 atom stereocenters. The maximum atomic E-state index is 13.2. The minimum Gasteiger partial charge on any atom is -0.323 e. The Labute approximate surface area is 185 Å². The summed E-state index contributed by atoms with van der Waals surface area (Å²) in [5, 5.41) is 0.760. The molecule has 0 saturated carbocycles. The second-order valence-electron chi connectivity index (χ2n) is 7.10. The van der Waals surface area contributed by atoms with Crippen molar-refractivity contribution >= 4 is 50.9 Å². The largest absolute Gasteiger partial charge is 0.323 e. The molecule has 2 heterocycles. The first-order valence-electron chi connectivity index (χ1n) is 9.30. The van der Waals surface area contributed by atoms with Crippen LogP contribution >= 0.6 is 35.0 Å². The summed E-state index contributed by atoms with van der Waals surface area (Å²) in [6.45, 7) is 1.40. The summed E-state index contributed by atoms with van der Waals surface area (Å²) in [5.41, 5.74) is 0.501. The van der Waals surface area contributed by atoms with E-state index in [0.29, 0.717) is 53.0 Å². The zero-order valence-corrected chi connectivity index (χ0v) is 18.7. The van der Waals surface area contributed by atoms with Crippen molar-refractivity contribution in [1.29, 1.82) is 0 Å². The fraction of sp³-hybridized carbons (Fsp3) is 0.350. The zero-order valence-electron chi connectivity index (χ0n) is 15.6. The van der Waals surface area contributed by atoms with Crippen LogP contribution in [0.5, 0.6) is 0 Å². The lowest BCUT2D eigenvalue weighted by molar-refractivity contribution is 0.0605. The molecule has 0 bridgehead atoms. The molecule has 1 amide bonds. The van der Waals surface area contributed by atoms with E-state index in [9.17, 15) is 13.2 Å². The van der Waals surface area contributed by atoms with Crippen LogP contribution in [0.25, 0.3) is 0 Å². The number of carbonyl (C=O) groups excluding carboxylic acids is 1. The molecule has 9 heteroatoms. The van der Waals surface area contributed by atoms with Crippen molar-refractivity contribution in [2.24, 2.45) is 0 Å². The maximum Gasteiger partial charge on any atom is 0.255 e. The third-order valence-corrected chi connectivity index (χ3v) is 9.68. The minimum absolute atomic E-state index is 0.0899. The highest BCUT2D eigenvalue weighted by atomic mass is 35.5. The summed E-state index contributed by atoms with van der Waals surface area (Å²) in [7, 11) is -3.52. The first-order chi connectivity index (χ1) is 13.8. The van der Waals surface area contributed by atoms with Crippen LogP contribution in [-0.4, -0.2) is 53.8 Å². The van der Waals surface area contributed by atoms with Gasteiger partial charge in [-0.2, -0.15) is 4.31 Å². The lowest BCUT2D eigenvalue weighted by Gasteiger charge is -2.43. The van der Waals surface area contributed by atoms with Crippen LogP contribution in [0.1, 0.15) is 23.2 Å². The van der Waals surface area contributed by atoms with Gasteiger partial charge in [-0.3, -0.25) is 4.79 Å². The van der Waals surface area contributed by atoms with Crippen LogP contribution in [-0.2, 0) is 10.0 Å². The van der Waals surface area contributed by atoms with Crippen LogP contribution < -0.4 is 0 Å². The van der Waals surface area contributed by atoms with Gasteiger partial charge in [-0.1, -0.05) is 41.4 Å². The molecule has 0 radical (unpaired) electrons. The molecule has 154 valence electrons. The molecule has 5 nitrogen and oxygen atoms in total. The van der Waals surface area contributed by atoms with Crippen molar-refractivity contribution in [3.63, 3.8) is 0 Å². The molecule has 4 rings (SSSR count). The van der Waals surface area contributed by atoms with E-state index in [4.69, 9.17) is 23.2 Å². The third-order valence-electron chi connectivity index (χ3n) is 5.47. The molecule has 0 aromatic heterocycles. The number of hydrogen-bond donors (Lipinski definition) is 0. The fourth-order valence-corrected chi connectivity index (χ4v) is 7.13. The van der Waals surface area contributed by atoms with Crippen molar-refractivity contribution in [2.75, 3.05) is 25.4 Å². The predicted octanol–water partition coefficient (Wildman–Crippen LogP) is 4.36. The minimum atomic E-state index is -3.52. The van der Waals surface area contributed by atoms with Gasteiger partial charge in [0.15, 0.2) is 0 Å². The molecule has 0 N–H and O–H groups in total. The van der Waals surface area contributed by atoms with Crippen molar-refractivity contribution in [3.05, 3.63) is 64.1 Å². The summed E-state index contributed by atoms with van der Waals surface area (Å²) in [6.07, 6.45) is 1.19. The van der Waals surface area contributed by atoms with Crippen LogP contribution in [0, 0.1) is 0 Å². The average molecular weight is 471 g/mol. The van der Waals surface area contributed by atoms with E-state index in [-0.39, 0.29) is 10.8 Å². The molecule has 0 aliphatic carbocycles. The Hall–Kier alpha value is -1.25. The quantitative estimate of drug-likeness (QED) is 0.668. The van der Waals surface area contributed by atoms with Gasteiger partial charge in [0.1, 0.15) is 0 Å². The molecule has 2 aliphatic heterocycles. The lowest BCUT2D eigenvalue weighted by Crippen LogP contribution is -2.53. The summed E-state index contributed by atoms with van der Waals surface area (Å²) in [5.74, 6) is 0.742. The molecule has 1 spiro atoms. The van der Waals surface area contributed by atoms with Crippen molar-refractivity contribution in [1.82, 2.24) is 9.21 Å². The van der Waals surface area contributed by atoms with Crippen molar-refractivity contribution in [2.45, 2.75) is 22.6 Å². The van der Waals surface area contributed by atoms with Gasteiger partial charge >= 0.3 is 0 Å². The standard InChI is InChI=1S/C20H20Cl2N2O3S2/c21-17-7-6-15(14-18(17)22)19(25)24-12-13-28-20(24)8-10-23(11-9-20)29(26,27)16-4-2-1-3-5-16/h1-7,14H,8-13H2. The van der Waals surface area contributed by atoms with E-state index in [0.717, 1.165) is 5.75 Å². The van der Waals surface area contributed by atoms with E-state index >= 15 is 0 Å². The zero-order chi connectivity index (χ0) is 20.6. The van der Waals surface area contributed by atoms with Crippen molar-refractivity contribution in [3.8, 4) is 0 Å². The van der Waals surface area contributed by atoms with Crippen molar-refractivity contribution < 1.29 is 13.2 Å². The van der Waals surface area contributed by atoms with Gasteiger partial charge in [-0.25, -0.2) is 8.42 Å². The molecular formula is C20H20Cl2N2O3S2. The Morgan fingerprint density at radius 3 is 2.31 bits per heavy atom. The van der Waals surface area contributed by atoms with Crippen LogP contribution in [0.15, 0.2) is 53.4 Å². The van der Waals surface area contributed by atoms with Crippen LogP contribution in [0.4, 0.5) is 0 Å². The van der Waals surface area contributed by atoms with E-state index in [1.807, 2.05) is 4.90 Å². The SMILES string of the molecule is O=C(c1ccc(Cl)c(Cl)c1)N1CCSC12CCN(S(=O)(=O)c1ccccc1)CC2.